The molecule has 0 saturated carbocycles. The minimum absolute atomic E-state index is 0.0950. The molecule has 1 atom stereocenters. The molecule has 5 heteroatoms. The second-order valence-corrected chi connectivity index (χ2v) is 4.75. The first kappa shape index (κ1) is 12.0. The Labute approximate surface area is 106 Å². The molecule has 0 bridgehead atoms. The molecule has 1 unspecified atom stereocenters. The maximum atomic E-state index is 5.84. The second kappa shape index (κ2) is 4.43. The fourth-order valence-corrected chi connectivity index (χ4v) is 2.42. The zero-order valence-corrected chi connectivity index (χ0v) is 11.0. The van der Waals surface area contributed by atoms with Gasteiger partial charge in [-0.1, -0.05) is 18.3 Å². The molecular weight excluding hydrogens is 232 g/mol. The van der Waals surface area contributed by atoms with Crippen molar-refractivity contribution in [1.29, 1.82) is 0 Å². The van der Waals surface area contributed by atoms with Crippen LogP contribution in [0.15, 0.2) is 24.4 Å². The lowest BCUT2D eigenvalue weighted by molar-refractivity contribution is 0.362. The molecule has 0 aromatic carbocycles. The number of likely N-dealkylation sites (N-methyl/N-ethyl adjacent to an activating group) is 1. The quantitative estimate of drug-likeness (QED) is 0.837. The van der Waals surface area contributed by atoms with Crippen LogP contribution in [0.5, 0.6) is 0 Å². The van der Waals surface area contributed by atoms with E-state index in [1.165, 1.54) is 0 Å². The van der Waals surface area contributed by atoms with Crippen LogP contribution in [0.2, 0.25) is 0 Å². The average molecular weight is 248 g/mol. The van der Waals surface area contributed by atoms with Gasteiger partial charge in [-0.15, -0.1) is 0 Å². The standard InChI is InChI=1S/C12H16N4S/c1-8-10(11(12(13)17)15(2)3)16-7-5-4-6-9(16)14-8/h4-7,11H,1-3H3,(H2,13,17). The van der Waals surface area contributed by atoms with Gasteiger partial charge < -0.3 is 10.1 Å². The van der Waals surface area contributed by atoms with Crippen LogP contribution < -0.4 is 5.73 Å². The minimum atomic E-state index is -0.0950. The Morgan fingerprint density at radius 2 is 2.18 bits per heavy atom. The van der Waals surface area contributed by atoms with Crippen molar-refractivity contribution in [2.24, 2.45) is 5.73 Å². The number of rotatable bonds is 3. The predicted octanol–water partition coefficient (Wildman–Crippen LogP) is 1.53. The Morgan fingerprint density at radius 3 is 2.76 bits per heavy atom. The van der Waals surface area contributed by atoms with Crippen LogP contribution in [-0.4, -0.2) is 33.4 Å². The fourth-order valence-electron chi connectivity index (χ4n) is 2.10. The summed E-state index contributed by atoms with van der Waals surface area (Å²) in [6.45, 7) is 1.98. The van der Waals surface area contributed by atoms with Crippen molar-refractivity contribution in [2.75, 3.05) is 14.1 Å². The molecule has 2 aromatic heterocycles. The smallest absolute Gasteiger partial charge is 0.137 e. The molecule has 17 heavy (non-hydrogen) atoms. The van der Waals surface area contributed by atoms with Crippen LogP contribution in [0.25, 0.3) is 5.65 Å². The average Bonchev–Trinajstić information content (AvgIpc) is 2.55. The molecule has 2 heterocycles. The summed E-state index contributed by atoms with van der Waals surface area (Å²) in [5.74, 6) is 0. The lowest BCUT2D eigenvalue weighted by Gasteiger charge is -2.23. The Morgan fingerprint density at radius 1 is 1.47 bits per heavy atom. The van der Waals surface area contributed by atoms with Gasteiger partial charge in [-0.25, -0.2) is 4.98 Å². The van der Waals surface area contributed by atoms with E-state index in [0.717, 1.165) is 17.0 Å². The highest BCUT2D eigenvalue weighted by molar-refractivity contribution is 7.80. The number of hydrogen-bond donors (Lipinski definition) is 1. The number of aromatic nitrogens is 2. The summed E-state index contributed by atoms with van der Waals surface area (Å²) in [5.41, 5.74) is 8.76. The van der Waals surface area contributed by atoms with Gasteiger partial charge in [0, 0.05) is 6.20 Å². The van der Waals surface area contributed by atoms with Crippen molar-refractivity contribution >= 4 is 22.9 Å². The molecule has 0 aliphatic rings. The first-order valence-corrected chi connectivity index (χ1v) is 5.82. The third-order valence-corrected chi connectivity index (χ3v) is 3.02. The molecule has 0 radical (unpaired) electrons. The number of thiocarbonyl (C=S) groups is 1. The lowest BCUT2D eigenvalue weighted by Crippen LogP contribution is -2.32. The van der Waals surface area contributed by atoms with E-state index in [1.807, 2.05) is 54.7 Å². The number of pyridine rings is 1. The van der Waals surface area contributed by atoms with Gasteiger partial charge in [-0.2, -0.15) is 0 Å². The van der Waals surface area contributed by atoms with Crippen molar-refractivity contribution in [3.8, 4) is 0 Å². The molecule has 0 amide bonds. The van der Waals surface area contributed by atoms with E-state index >= 15 is 0 Å². The van der Waals surface area contributed by atoms with Crippen LogP contribution in [-0.2, 0) is 0 Å². The first-order chi connectivity index (χ1) is 8.02. The molecule has 0 aliphatic heterocycles. The first-order valence-electron chi connectivity index (χ1n) is 5.41. The van der Waals surface area contributed by atoms with E-state index in [9.17, 15) is 0 Å². The topological polar surface area (TPSA) is 46.6 Å². The second-order valence-electron chi connectivity index (χ2n) is 4.28. The summed E-state index contributed by atoms with van der Waals surface area (Å²) in [5, 5.41) is 0. The van der Waals surface area contributed by atoms with Gasteiger partial charge in [-0.3, -0.25) is 4.90 Å². The summed E-state index contributed by atoms with van der Waals surface area (Å²) in [7, 11) is 3.93. The third kappa shape index (κ3) is 2.03. The zero-order chi connectivity index (χ0) is 12.6. The molecule has 0 spiro atoms. The monoisotopic (exact) mass is 248 g/mol. The highest BCUT2D eigenvalue weighted by Gasteiger charge is 2.23. The van der Waals surface area contributed by atoms with Gasteiger partial charge in [0.2, 0.25) is 0 Å². The molecule has 0 fully saturated rings. The largest absolute Gasteiger partial charge is 0.392 e. The van der Waals surface area contributed by atoms with Crippen molar-refractivity contribution in [3.63, 3.8) is 0 Å². The van der Waals surface area contributed by atoms with E-state index in [2.05, 4.69) is 4.98 Å². The third-order valence-electron chi connectivity index (χ3n) is 2.80. The maximum Gasteiger partial charge on any atom is 0.137 e. The van der Waals surface area contributed by atoms with Crippen LogP contribution in [0.1, 0.15) is 17.4 Å². The number of imidazole rings is 1. The molecule has 2 aromatic rings. The lowest BCUT2D eigenvalue weighted by atomic mass is 10.1. The normalized spacial score (nSPS) is 13.2. The van der Waals surface area contributed by atoms with Crippen LogP contribution in [0.4, 0.5) is 0 Å². The highest BCUT2D eigenvalue weighted by atomic mass is 32.1. The fraction of sp³-hybridized carbons (Fsp3) is 0.333. The van der Waals surface area contributed by atoms with E-state index in [4.69, 9.17) is 18.0 Å². The summed E-state index contributed by atoms with van der Waals surface area (Å²) >= 11 is 5.16. The van der Waals surface area contributed by atoms with E-state index in [0.29, 0.717) is 4.99 Å². The van der Waals surface area contributed by atoms with Gasteiger partial charge >= 0.3 is 0 Å². The molecule has 2 N–H and O–H groups in total. The summed E-state index contributed by atoms with van der Waals surface area (Å²) < 4.78 is 2.04. The Balaban J connectivity index is 2.68. The van der Waals surface area contributed by atoms with Crippen LogP contribution >= 0.6 is 12.2 Å². The van der Waals surface area contributed by atoms with Gasteiger partial charge in [0.1, 0.15) is 11.7 Å². The Kier molecular flexibility index (Phi) is 3.13. The van der Waals surface area contributed by atoms with E-state index < -0.39 is 0 Å². The van der Waals surface area contributed by atoms with Crippen LogP contribution in [0, 0.1) is 6.92 Å². The van der Waals surface area contributed by atoms with Crippen molar-refractivity contribution < 1.29 is 0 Å². The minimum Gasteiger partial charge on any atom is -0.392 e. The molecule has 4 nitrogen and oxygen atoms in total. The molecule has 0 saturated heterocycles. The summed E-state index contributed by atoms with van der Waals surface area (Å²) in [4.78, 5) is 6.99. The SMILES string of the molecule is Cc1nc2ccccn2c1C(C(N)=S)N(C)C. The number of nitrogens with two attached hydrogens (primary N) is 1. The van der Waals surface area contributed by atoms with Crippen molar-refractivity contribution in [3.05, 3.63) is 35.8 Å². The van der Waals surface area contributed by atoms with E-state index in [-0.39, 0.29) is 6.04 Å². The van der Waals surface area contributed by atoms with Gasteiger partial charge in [0.15, 0.2) is 0 Å². The highest BCUT2D eigenvalue weighted by Crippen LogP contribution is 2.23. The predicted molar refractivity (Wildman–Crippen MR) is 73.1 cm³/mol. The zero-order valence-electron chi connectivity index (χ0n) is 10.2. The number of fused-ring (bicyclic) bond motifs is 1. The van der Waals surface area contributed by atoms with E-state index in [1.54, 1.807) is 0 Å². The molecule has 0 aliphatic carbocycles. The van der Waals surface area contributed by atoms with Gasteiger partial charge in [0.25, 0.3) is 0 Å². The Bertz CT molecular complexity index is 559. The summed E-state index contributed by atoms with van der Waals surface area (Å²) in [6, 6.07) is 5.83. The molecule has 2 rings (SSSR count). The Hall–Kier alpha value is -1.46. The summed E-state index contributed by atoms with van der Waals surface area (Å²) in [6.07, 6.45) is 1.99. The van der Waals surface area contributed by atoms with Gasteiger partial charge in [0.05, 0.1) is 16.4 Å². The number of aryl methyl sites for hydroxylation is 1. The molecular formula is C12H16N4S. The molecule has 90 valence electrons. The van der Waals surface area contributed by atoms with Gasteiger partial charge in [-0.05, 0) is 33.2 Å². The van der Waals surface area contributed by atoms with Crippen molar-refractivity contribution in [1.82, 2.24) is 14.3 Å². The number of nitrogens with zero attached hydrogens (tertiary/aromatic N) is 3. The van der Waals surface area contributed by atoms with Crippen LogP contribution in [0.3, 0.4) is 0 Å². The number of hydrogen-bond acceptors (Lipinski definition) is 3. The van der Waals surface area contributed by atoms with Crippen molar-refractivity contribution in [2.45, 2.75) is 13.0 Å². The maximum absolute atomic E-state index is 5.84.